The van der Waals surface area contributed by atoms with Gasteiger partial charge in [0.25, 0.3) is 0 Å². The van der Waals surface area contributed by atoms with E-state index in [0.717, 1.165) is 6.42 Å². The van der Waals surface area contributed by atoms with Gasteiger partial charge in [-0.1, -0.05) is 6.42 Å². The van der Waals surface area contributed by atoms with Crippen LogP contribution in [-0.2, 0) is 14.3 Å². The summed E-state index contributed by atoms with van der Waals surface area (Å²) >= 11 is 12.1. The molecule has 0 unspecified atom stereocenters. The normalized spacial score (nSPS) is 47.5. The van der Waals surface area contributed by atoms with Crippen molar-refractivity contribution >= 4 is 35.1 Å². The van der Waals surface area contributed by atoms with Crippen LogP contribution in [0, 0.1) is 11.8 Å². The number of fused-ring (bicyclic) bond motifs is 1. The van der Waals surface area contributed by atoms with Gasteiger partial charge in [0.2, 0.25) is 11.4 Å². The highest BCUT2D eigenvalue weighted by Crippen LogP contribution is 2.54. The van der Waals surface area contributed by atoms with Crippen LogP contribution >= 0.6 is 23.2 Å². The van der Waals surface area contributed by atoms with E-state index < -0.39 is 46.0 Å². The number of alkyl halides is 2. The SMILES string of the molecule is C[C@@]12OC(=O)[C@]1([C@@H](O)[C@H]1CCC[C@@](C)(Cl)[C@H]1O)NC(=O)[C@@H]2CCCCl. The Hall–Kier alpha value is -0.560. The number of carbonyl (C=O) groups excluding carboxylic acids is 2. The third-order valence-electron chi connectivity index (χ3n) is 6.41. The van der Waals surface area contributed by atoms with Crippen LogP contribution in [0.2, 0.25) is 0 Å². The Balaban J connectivity index is 1.91. The minimum absolute atomic E-state index is 0.323. The van der Waals surface area contributed by atoms with E-state index >= 15 is 0 Å². The summed E-state index contributed by atoms with van der Waals surface area (Å²) in [6.07, 6.45) is 0.695. The van der Waals surface area contributed by atoms with Crippen LogP contribution in [0.15, 0.2) is 0 Å². The zero-order chi connectivity index (χ0) is 18.6. The van der Waals surface area contributed by atoms with Crippen LogP contribution in [0.3, 0.4) is 0 Å². The summed E-state index contributed by atoms with van der Waals surface area (Å²) in [4.78, 5) is 24.1. The van der Waals surface area contributed by atoms with Gasteiger partial charge in [-0.2, -0.15) is 0 Å². The van der Waals surface area contributed by atoms with Crippen LogP contribution in [0.4, 0.5) is 0 Å². The summed E-state index contributed by atoms with van der Waals surface area (Å²) in [5.41, 5.74) is -2.68. The van der Waals surface area contributed by atoms with Gasteiger partial charge in [0.1, 0.15) is 0 Å². The minimum Gasteiger partial charge on any atom is -0.453 e. The predicted octanol–water partition coefficient (Wildman–Crippen LogP) is 1.33. The molecule has 25 heavy (non-hydrogen) atoms. The summed E-state index contributed by atoms with van der Waals surface area (Å²) in [5, 5.41) is 24.4. The highest BCUT2D eigenvalue weighted by atomic mass is 35.5. The van der Waals surface area contributed by atoms with Gasteiger partial charge in [-0.05, 0) is 39.5 Å². The number of aliphatic hydroxyl groups excluding tert-OH is 2. The average Bonchev–Trinajstić information content (AvgIpc) is 2.71. The van der Waals surface area contributed by atoms with Gasteiger partial charge >= 0.3 is 5.97 Å². The third kappa shape index (κ3) is 2.52. The molecule has 3 rings (SSSR count). The topological polar surface area (TPSA) is 95.9 Å². The zero-order valence-electron chi connectivity index (χ0n) is 14.4. The predicted molar refractivity (Wildman–Crippen MR) is 92.4 cm³/mol. The first kappa shape index (κ1) is 19.2. The van der Waals surface area contributed by atoms with Crippen LogP contribution < -0.4 is 5.32 Å². The highest BCUT2D eigenvalue weighted by Gasteiger charge is 2.79. The molecule has 2 saturated heterocycles. The fourth-order valence-electron chi connectivity index (χ4n) is 4.83. The molecular formula is C17H25Cl2NO5. The second-order valence-corrected chi connectivity index (χ2v) is 9.14. The van der Waals surface area contributed by atoms with Gasteiger partial charge < -0.3 is 20.3 Å². The summed E-state index contributed by atoms with van der Waals surface area (Å²) < 4.78 is 5.39. The molecule has 7 atom stereocenters. The molecule has 3 fully saturated rings. The first-order chi connectivity index (χ1) is 11.6. The summed E-state index contributed by atoms with van der Waals surface area (Å²) in [7, 11) is 0. The largest absolute Gasteiger partial charge is 0.453 e. The molecule has 8 heteroatoms. The fourth-order valence-corrected chi connectivity index (χ4v) is 5.28. The minimum atomic E-state index is -1.53. The molecule has 0 aromatic carbocycles. The third-order valence-corrected chi connectivity index (χ3v) is 7.09. The van der Waals surface area contributed by atoms with E-state index in [4.69, 9.17) is 27.9 Å². The number of halogens is 2. The molecular weight excluding hydrogens is 369 g/mol. The molecule has 1 saturated carbocycles. The summed E-state index contributed by atoms with van der Waals surface area (Å²) in [6.45, 7) is 3.40. The van der Waals surface area contributed by atoms with Gasteiger partial charge in [0.05, 0.1) is 23.0 Å². The van der Waals surface area contributed by atoms with Crippen molar-refractivity contribution in [2.45, 2.75) is 74.2 Å². The van der Waals surface area contributed by atoms with E-state index in [1.54, 1.807) is 13.8 Å². The maximum atomic E-state index is 12.5. The number of aliphatic hydroxyl groups is 2. The summed E-state index contributed by atoms with van der Waals surface area (Å²) in [5.74, 6) is -1.76. The van der Waals surface area contributed by atoms with E-state index in [2.05, 4.69) is 5.32 Å². The molecule has 2 heterocycles. The lowest BCUT2D eigenvalue weighted by atomic mass is 9.62. The number of hydrogen-bond donors (Lipinski definition) is 3. The Bertz CT molecular complexity index is 585. The van der Waals surface area contributed by atoms with Gasteiger partial charge in [-0.15, -0.1) is 23.2 Å². The number of carbonyl (C=O) groups is 2. The first-order valence-corrected chi connectivity index (χ1v) is 9.69. The van der Waals surface area contributed by atoms with Crippen LogP contribution in [0.1, 0.15) is 46.0 Å². The number of hydrogen-bond acceptors (Lipinski definition) is 5. The van der Waals surface area contributed by atoms with E-state index in [9.17, 15) is 19.8 Å². The number of ether oxygens (including phenoxy) is 1. The number of amides is 1. The number of nitrogens with one attached hydrogen (secondary N) is 1. The molecule has 0 spiro atoms. The zero-order valence-corrected chi connectivity index (χ0v) is 15.9. The molecule has 3 aliphatic rings. The smallest absolute Gasteiger partial charge is 0.339 e. The van der Waals surface area contributed by atoms with Crippen molar-refractivity contribution in [1.29, 1.82) is 0 Å². The maximum Gasteiger partial charge on any atom is 0.339 e. The Morgan fingerprint density at radius 2 is 2.08 bits per heavy atom. The van der Waals surface area contributed by atoms with Crippen molar-refractivity contribution < 1.29 is 24.5 Å². The van der Waals surface area contributed by atoms with Crippen molar-refractivity contribution in [3.8, 4) is 0 Å². The quantitative estimate of drug-likeness (QED) is 0.483. The first-order valence-electron chi connectivity index (χ1n) is 8.78. The molecule has 1 aliphatic carbocycles. The lowest BCUT2D eigenvalue weighted by Gasteiger charge is -2.56. The molecule has 0 aromatic rings. The fraction of sp³-hybridized carbons (Fsp3) is 0.882. The van der Waals surface area contributed by atoms with Crippen molar-refractivity contribution in [1.82, 2.24) is 5.32 Å². The molecule has 0 aromatic heterocycles. The molecule has 1 amide bonds. The molecule has 3 N–H and O–H groups in total. The monoisotopic (exact) mass is 393 g/mol. The van der Waals surface area contributed by atoms with E-state index in [0.29, 0.717) is 31.6 Å². The van der Waals surface area contributed by atoms with Crippen LogP contribution in [0.25, 0.3) is 0 Å². The van der Waals surface area contributed by atoms with Crippen molar-refractivity contribution in [2.75, 3.05) is 5.88 Å². The van der Waals surface area contributed by atoms with Crippen LogP contribution in [0.5, 0.6) is 0 Å². The number of rotatable bonds is 5. The Kier molecular flexibility index (Phi) is 4.81. The molecule has 0 radical (unpaired) electrons. The molecule has 6 nitrogen and oxygen atoms in total. The van der Waals surface area contributed by atoms with Gasteiger partial charge in [-0.25, -0.2) is 4.79 Å². The maximum absolute atomic E-state index is 12.5. The van der Waals surface area contributed by atoms with E-state index in [1.807, 2.05) is 0 Å². The van der Waals surface area contributed by atoms with E-state index in [1.165, 1.54) is 0 Å². The second kappa shape index (κ2) is 6.25. The summed E-state index contributed by atoms with van der Waals surface area (Å²) in [6, 6.07) is 0. The van der Waals surface area contributed by atoms with Crippen molar-refractivity contribution in [2.24, 2.45) is 11.8 Å². The standard InChI is InChI=1S/C17H25Cl2NO5/c1-15(19)7-3-5-9(11(15)21)12(22)17-14(24)25-16(17,2)10(6-4-8-18)13(23)20-17/h9-12,21-22H,3-8H2,1-2H3,(H,20,23)/t9-,10-,11-,12-,15+,16-,17-/m0/s1. The van der Waals surface area contributed by atoms with Gasteiger partial charge in [0.15, 0.2) is 5.60 Å². The number of esters is 1. The van der Waals surface area contributed by atoms with Crippen molar-refractivity contribution in [3.63, 3.8) is 0 Å². The highest BCUT2D eigenvalue weighted by molar-refractivity contribution is 6.24. The molecule has 142 valence electrons. The Morgan fingerprint density at radius 3 is 2.68 bits per heavy atom. The average molecular weight is 394 g/mol. The lowest BCUT2D eigenvalue weighted by Crippen LogP contribution is -2.81. The Morgan fingerprint density at radius 1 is 1.40 bits per heavy atom. The van der Waals surface area contributed by atoms with E-state index in [-0.39, 0.29) is 5.91 Å². The Labute approximate surface area is 157 Å². The second-order valence-electron chi connectivity index (χ2n) is 7.90. The lowest BCUT2D eigenvalue weighted by molar-refractivity contribution is -0.243. The van der Waals surface area contributed by atoms with Crippen LogP contribution in [-0.4, -0.2) is 56.2 Å². The van der Waals surface area contributed by atoms with Gasteiger partial charge in [0, 0.05) is 11.8 Å². The van der Waals surface area contributed by atoms with Gasteiger partial charge in [-0.3, -0.25) is 4.79 Å². The molecule has 0 bridgehead atoms. The molecule has 2 aliphatic heterocycles. The van der Waals surface area contributed by atoms with Crippen molar-refractivity contribution in [3.05, 3.63) is 0 Å².